The Morgan fingerprint density at radius 2 is 1.70 bits per heavy atom. The van der Waals surface area contributed by atoms with Crippen molar-refractivity contribution in [2.45, 2.75) is 66.0 Å². The molecule has 2 N–H and O–H groups in total. The molecule has 0 aliphatic carbocycles. The molecule has 0 saturated heterocycles. The maximum Gasteiger partial charge on any atom is 0.314 e. The Labute approximate surface area is 256 Å². The molecule has 1 heterocycles. The lowest BCUT2D eigenvalue weighted by molar-refractivity contribution is -0.138. The van der Waals surface area contributed by atoms with Gasteiger partial charge in [0.2, 0.25) is 5.91 Å². The number of carbonyl (C=O) groups excluding carboxylic acids is 1. The Bertz CT molecular complexity index is 1560. The summed E-state index contributed by atoms with van der Waals surface area (Å²) in [5.41, 5.74) is 2.67. The van der Waals surface area contributed by atoms with Gasteiger partial charge in [0.25, 0.3) is 5.88 Å². The second-order valence-corrected chi connectivity index (χ2v) is 11.9. The van der Waals surface area contributed by atoms with Crippen LogP contribution in [-0.4, -0.2) is 59.2 Å². The topological polar surface area (TPSA) is 114 Å². The number of nitrogens with one attached hydrogen (secondary N) is 1. The summed E-state index contributed by atoms with van der Waals surface area (Å²) in [6.45, 7) is 9.46. The average Bonchev–Trinajstić information content (AvgIpc) is 2.91. The number of carboxylic acids is 1. The van der Waals surface area contributed by atoms with Crippen molar-refractivity contribution in [2.24, 2.45) is 5.92 Å². The number of methoxy groups -OCH3 is 1. The maximum absolute atomic E-state index is 15.7. The zero-order valence-electron chi connectivity index (χ0n) is 26.6. The van der Waals surface area contributed by atoms with Gasteiger partial charge in [-0.2, -0.15) is 0 Å². The summed E-state index contributed by atoms with van der Waals surface area (Å²) in [6, 6.07) is 3.56. The number of carboxylic acid groups (broad SMARTS) is 1. The van der Waals surface area contributed by atoms with E-state index >= 15 is 4.39 Å². The molecule has 3 rings (SSSR count). The first-order chi connectivity index (χ1) is 20.6. The standard InChI is InChI=1S/C33H42F2N4O5/c1-18(2)11-27(39-17-24(9-10-38(6)7)36-32(44-8)33(39)43)31(42)37-26(16-28(40)41)25-15-22(12-21(5)30(25)35)29-19(3)13-23(34)14-20(29)4/h12-15,17-18,26-27H,9-11,16H2,1-8H3,(H,37,42)(H,40,41). The van der Waals surface area contributed by atoms with Crippen molar-refractivity contribution in [1.29, 1.82) is 0 Å². The molecule has 9 nitrogen and oxygen atoms in total. The van der Waals surface area contributed by atoms with Gasteiger partial charge in [0, 0.05) is 24.7 Å². The van der Waals surface area contributed by atoms with Crippen molar-refractivity contribution in [2.75, 3.05) is 27.7 Å². The lowest BCUT2D eigenvalue weighted by Crippen LogP contribution is -2.41. The summed E-state index contributed by atoms with van der Waals surface area (Å²) < 4.78 is 36.3. The zero-order valence-corrected chi connectivity index (χ0v) is 26.6. The Balaban J connectivity index is 2.13. The van der Waals surface area contributed by atoms with Gasteiger partial charge in [-0.1, -0.05) is 13.8 Å². The SMILES string of the molecule is COc1nc(CCN(C)C)cn(C(CC(C)C)C(=O)NC(CC(=O)O)c2cc(-c3c(C)cc(F)cc3C)cc(C)c2F)c1=O. The van der Waals surface area contributed by atoms with Crippen molar-refractivity contribution in [3.63, 3.8) is 0 Å². The minimum absolute atomic E-state index is 0.0199. The first-order valence-electron chi connectivity index (χ1n) is 14.5. The fourth-order valence-electron chi connectivity index (χ4n) is 5.40. The molecule has 3 aromatic rings. The van der Waals surface area contributed by atoms with Crippen molar-refractivity contribution >= 4 is 11.9 Å². The highest BCUT2D eigenvalue weighted by atomic mass is 19.1. The van der Waals surface area contributed by atoms with Crippen LogP contribution in [0.2, 0.25) is 0 Å². The molecule has 1 aromatic heterocycles. The minimum atomic E-state index is -1.26. The van der Waals surface area contributed by atoms with Crippen LogP contribution in [0.4, 0.5) is 8.78 Å². The van der Waals surface area contributed by atoms with Crippen LogP contribution >= 0.6 is 0 Å². The van der Waals surface area contributed by atoms with Gasteiger partial charge in [-0.15, -0.1) is 0 Å². The Kier molecular flexibility index (Phi) is 11.4. The van der Waals surface area contributed by atoms with Crippen LogP contribution in [0, 0.1) is 38.3 Å². The number of ether oxygens (including phenoxy) is 1. The van der Waals surface area contributed by atoms with E-state index in [1.165, 1.54) is 36.1 Å². The van der Waals surface area contributed by atoms with Gasteiger partial charge < -0.3 is 20.1 Å². The number of amides is 1. The Morgan fingerprint density at radius 1 is 1.07 bits per heavy atom. The highest BCUT2D eigenvalue weighted by molar-refractivity contribution is 5.82. The van der Waals surface area contributed by atoms with E-state index in [0.717, 1.165) is 0 Å². The molecule has 11 heteroatoms. The van der Waals surface area contributed by atoms with Crippen molar-refractivity contribution in [3.05, 3.63) is 80.4 Å². The lowest BCUT2D eigenvalue weighted by atomic mass is 9.90. The molecule has 0 fully saturated rings. The predicted molar refractivity (Wildman–Crippen MR) is 165 cm³/mol. The third-order valence-corrected chi connectivity index (χ3v) is 7.43. The molecule has 1 amide bonds. The third kappa shape index (κ3) is 8.28. The fraction of sp³-hybridized carbons (Fsp3) is 0.455. The van der Waals surface area contributed by atoms with Crippen LogP contribution in [0.1, 0.15) is 66.7 Å². The largest absolute Gasteiger partial charge is 0.481 e. The highest BCUT2D eigenvalue weighted by Crippen LogP contribution is 2.34. The number of halogens is 2. The molecule has 238 valence electrons. The second-order valence-electron chi connectivity index (χ2n) is 11.9. The summed E-state index contributed by atoms with van der Waals surface area (Å²) in [5, 5.41) is 12.5. The molecule has 2 aromatic carbocycles. The van der Waals surface area contributed by atoms with Gasteiger partial charge in [0.1, 0.15) is 17.7 Å². The minimum Gasteiger partial charge on any atom is -0.481 e. The number of nitrogens with zero attached hydrogens (tertiary/aromatic N) is 3. The Morgan fingerprint density at radius 3 is 2.25 bits per heavy atom. The number of aromatic nitrogens is 2. The van der Waals surface area contributed by atoms with E-state index < -0.39 is 47.6 Å². The van der Waals surface area contributed by atoms with E-state index in [2.05, 4.69) is 10.3 Å². The molecule has 2 atom stereocenters. The molecular weight excluding hydrogens is 570 g/mol. The van der Waals surface area contributed by atoms with Gasteiger partial charge in [-0.3, -0.25) is 19.0 Å². The number of carbonyl (C=O) groups is 2. The molecule has 44 heavy (non-hydrogen) atoms. The average molecular weight is 613 g/mol. The smallest absolute Gasteiger partial charge is 0.314 e. The lowest BCUT2D eigenvalue weighted by Gasteiger charge is -2.26. The molecule has 0 spiro atoms. The van der Waals surface area contributed by atoms with Gasteiger partial charge >= 0.3 is 11.5 Å². The van der Waals surface area contributed by atoms with Crippen molar-refractivity contribution in [1.82, 2.24) is 19.8 Å². The summed E-state index contributed by atoms with van der Waals surface area (Å²) in [4.78, 5) is 45.6. The number of benzene rings is 2. The molecule has 0 aliphatic heterocycles. The third-order valence-electron chi connectivity index (χ3n) is 7.43. The predicted octanol–water partition coefficient (Wildman–Crippen LogP) is 5.15. The molecular formula is C33H42F2N4O5. The van der Waals surface area contributed by atoms with Crippen LogP contribution in [0.3, 0.4) is 0 Å². The summed E-state index contributed by atoms with van der Waals surface area (Å²) in [5.74, 6) is -3.15. The van der Waals surface area contributed by atoms with Crippen LogP contribution < -0.4 is 15.6 Å². The van der Waals surface area contributed by atoms with Crippen LogP contribution in [0.15, 0.2) is 35.3 Å². The maximum atomic E-state index is 15.7. The second kappa shape index (κ2) is 14.6. The normalized spacial score (nSPS) is 12.8. The first kappa shape index (κ1) is 34.4. The van der Waals surface area contributed by atoms with Gasteiger partial charge in [0.05, 0.1) is 25.3 Å². The first-order valence-corrected chi connectivity index (χ1v) is 14.5. The fourth-order valence-corrected chi connectivity index (χ4v) is 5.40. The number of hydrogen-bond donors (Lipinski definition) is 2. The van der Waals surface area contributed by atoms with Gasteiger partial charge in [-0.25, -0.2) is 13.8 Å². The van der Waals surface area contributed by atoms with E-state index in [1.54, 1.807) is 26.8 Å². The van der Waals surface area contributed by atoms with Crippen LogP contribution in [0.5, 0.6) is 5.88 Å². The molecule has 2 unspecified atom stereocenters. The quantitative estimate of drug-likeness (QED) is 0.275. The molecule has 0 aliphatic rings. The van der Waals surface area contributed by atoms with E-state index in [0.29, 0.717) is 40.9 Å². The van der Waals surface area contributed by atoms with E-state index in [4.69, 9.17) is 4.74 Å². The number of aryl methyl sites for hydroxylation is 3. The van der Waals surface area contributed by atoms with Crippen molar-refractivity contribution < 1.29 is 28.2 Å². The summed E-state index contributed by atoms with van der Waals surface area (Å²) in [7, 11) is 5.13. The van der Waals surface area contributed by atoms with Crippen molar-refractivity contribution in [3.8, 4) is 17.0 Å². The Hall–Kier alpha value is -4.12. The summed E-state index contributed by atoms with van der Waals surface area (Å²) >= 11 is 0. The van der Waals surface area contributed by atoms with Gasteiger partial charge in [0.15, 0.2) is 0 Å². The number of likely N-dealkylation sites (N-methyl/N-ethyl adjacent to an activating group) is 1. The van der Waals surface area contributed by atoms with Gasteiger partial charge in [-0.05, 0) is 99.3 Å². The van der Waals surface area contributed by atoms with E-state index in [-0.39, 0.29) is 29.3 Å². The number of hydrogen-bond acceptors (Lipinski definition) is 6. The van der Waals surface area contributed by atoms with E-state index in [1.807, 2.05) is 32.8 Å². The highest BCUT2D eigenvalue weighted by Gasteiger charge is 2.30. The summed E-state index contributed by atoms with van der Waals surface area (Å²) in [6.07, 6.45) is 1.64. The number of aliphatic carboxylic acids is 1. The monoisotopic (exact) mass is 612 g/mol. The zero-order chi connectivity index (χ0) is 32.9. The van der Waals surface area contributed by atoms with E-state index in [9.17, 15) is 23.9 Å². The van der Waals surface area contributed by atoms with Crippen LogP contribution in [-0.2, 0) is 16.0 Å². The van der Waals surface area contributed by atoms with Crippen LogP contribution in [0.25, 0.3) is 11.1 Å². The molecule has 0 radical (unpaired) electrons. The number of rotatable bonds is 13. The molecule has 0 bridgehead atoms. The molecule has 0 saturated carbocycles.